The minimum absolute atomic E-state index is 0.827. The second-order valence-electron chi connectivity index (χ2n) is 4.15. The van der Waals surface area contributed by atoms with E-state index in [-0.39, 0.29) is 0 Å². The highest BCUT2D eigenvalue weighted by Gasteiger charge is 2.05. The number of imidazole rings is 1. The third kappa shape index (κ3) is 3.55. The minimum Gasteiger partial charge on any atom is -0.385 e. The summed E-state index contributed by atoms with van der Waals surface area (Å²) in [5.74, 6) is 1.05. The van der Waals surface area contributed by atoms with Crippen LogP contribution in [0.2, 0.25) is 0 Å². The lowest BCUT2D eigenvalue weighted by Crippen LogP contribution is -2.01. The van der Waals surface area contributed by atoms with Crippen molar-refractivity contribution in [2.45, 2.75) is 19.4 Å². The summed E-state index contributed by atoms with van der Waals surface area (Å²) in [5, 5.41) is 0. The van der Waals surface area contributed by atoms with Gasteiger partial charge in [-0.2, -0.15) is 0 Å². The summed E-state index contributed by atoms with van der Waals surface area (Å²) in [6.45, 7) is 1.82. The van der Waals surface area contributed by atoms with Crippen LogP contribution in [0.15, 0.2) is 36.7 Å². The van der Waals surface area contributed by atoms with E-state index in [0.29, 0.717) is 0 Å². The Labute approximate surface area is 121 Å². The van der Waals surface area contributed by atoms with Crippen molar-refractivity contribution < 1.29 is 4.74 Å². The molecule has 0 saturated heterocycles. The van der Waals surface area contributed by atoms with Gasteiger partial charge in [0.1, 0.15) is 5.82 Å². The number of ether oxygens (including phenoxy) is 1. The Balaban J connectivity index is 2.05. The molecule has 0 spiro atoms. The molecule has 2 aromatic rings. The van der Waals surface area contributed by atoms with Crippen LogP contribution in [0.1, 0.15) is 12.8 Å². The molecule has 3 nitrogen and oxygen atoms in total. The monoisotopic (exact) mass is 356 g/mol. The first-order valence-corrected chi connectivity index (χ1v) is 7.15. The smallest absolute Gasteiger partial charge is 0.139 e. The summed E-state index contributed by atoms with van der Waals surface area (Å²) in [4.78, 5) is 4.44. The number of halogens is 1. The van der Waals surface area contributed by atoms with Crippen LogP contribution >= 0.6 is 22.6 Å². The van der Waals surface area contributed by atoms with Gasteiger partial charge in [-0.1, -0.05) is 12.1 Å². The van der Waals surface area contributed by atoms with E-state index in [1.165, 1.54) is 9.13 Å². The lowest BCUT2D eigenvalue weighted by molar-refractivity contribution is 0.191. The van der Waals surface area contributed by atoms with Crippen LogP contribution in [-0.4, -0.2) is 23.3 Å². The van der Waals surface area contributed by atoms with Crippen LogP contribution in [0.25, 0.3) is 11.4 Å². The van der Waals surface area contributed by atoms with Crippen molar-refractivity contribution in [3.05, 3.63) is 40.2 Å². The molecule has 96 valence electrons. The van der Waals surface area contributed by atoms with E-state index < -0.39 is 0 Å². The Hall–Kier alpha value is -0.880. The van der Waals surface area contributed by atoms with Gasteiger partial charge < -0.3 is 9.30 Å². The molecule has 0 fully saturated rings. The maximum atomic E-state index is 5.06. The third-order valence-electron chi connectivity index (χ3n) is 2.82. The summed E-state index contributed by atoms with van der Waals surface area (Å²) >= 11 is 2.31. The van der Waals surface area contributed by atoms with Crippen molar-refractivity contribution in [2.75, 3.05) is 13.7 Å². The highest BCUT2D eigenvalue weighted by molar-refractivity contribution is 14.1. The SMILES string of the molecule is COCCCCn1ccnc1-c1ccc(I)cc1. The van der Waals surface area contributed by atoms with E-state index in [2.05, 4.69) is 56.4 Å². The number of aromatic nitrogens is 2. The molecule has 1 aromatic carbocycles. The Kier molecular flexibility index (Phi) is 5.19. The van der Waals surface area contributed by atoms with E-state index >= 15 is 0 Å². The first-order chi connectivity index (χ1) is 8.81. The van der Waals surface area contributed by atoms with E-state index in [4.69, 9.17) is 4.74 Å². The second kappa shape index (κ2) is 6.89. The number of hydrogen-bond acceptors (Lipinski definition) is 2. The zero-order valence-electron chi connectivity index (χ0n) is 10.5. The van der Waals surface area contributed by atoms with Gasteiger partial charge in [0.2, 0.25) is 0 Å². The molecular formula is C14H17IN2O. The fourth-order valence-corrected chi connectivity index (χ4v) is 2.24. The molecule has 0 aliphatic carbocycles. The maximum absolute atomic E-state index is 5.06. The number of rotatable bonds is 6. The first-order valence-electron chi connectivity index (χ1n) is 6.07. The fraction of sp³-hybridized carbons (Fsp3) is 0.357. The van der Waals surface area contributed by atoms with Crippen LogP contribution in [-0.2, 0) is 11.3 Å². The Morgan fingerprint density at radius 3 is 2.72 bits per heavy atom. The van der Waals surface area contributed by atoms with E-state index in [9.17, 15) is 0 Å². The van der Waals surface area contributed by atoms with Crippen LogP contribution in [0, 0.1) is 3.57 Å². The molecule has 0 saturated carbocycles. The van der Waals surface area contributed by atoms with Crippen molar-refractivity contribution in [2.24, 2.45) is 0 Å². The van der Waals surface area contributed by atoms with Gasteiger partial charge in [-0.3, -0.25) is 0 Å². The van der Waals surface area contributed by atoms with Crippen molar-refractivity contribution in [3.8, 4) is 11.4 Å². The molecule has 0 N–H and O–H groups in total. The zero-order chi connectivity index (χ0) is 12.8. The van der Waals surface area contributed by atoms with Crippen molar-refractivity contribution >= 4 is 22.6 Å². The molecule has 1 aromatic heterocycles. The van der Waals surface area contributed by atoms with Crippen molar-refractivity contribution in [1.82, 2.24) is 9.55 Å². The molecule has 1 heterocycles. The van der Waals surface area contributed by atoms with Gasteiger partial charge >= 0.3 is 0 Å². The lowest BCUT2D eigenvalue weighted by Gasteiger charge is -2.07. The topological polar surface area (TPSA) is 27.1 Å². The summed E-state index contributed by atoms with van der Waals surface area (Å²) in [6.07, 6.45) is 6.10. The number of hydrogen-bond donors (Lipinski definition) is 0. The zero-order valence-corrected chi connectivity index (χ0v) is 12.6. The average Bonchev–Trinajstić information content (AvgIpc) is 2.84. The van der Waals surface area contributed by atoms with Gasteiger partial charge in [-0.25, -0.2) is 4.98 Å². The molecule has 0 aliphatic rings. The summed E-state index contributed by atoms with van der Waals surface area (Å²) < 4.78 is 8.51. The fourth-order valence-electron chi connectivity index (χ4n) is 1.88. The summed E-state index contributed by atoms with van der Waals surface area (Å²) in [6, 6.07) is 8.46. The molecule has 0 aliphatic heterocycles. The van der Waals surface area contributed by atoms with Crippen molar-refractivity contribution in [3.63, 3.8) is 0 Å². The molecule has 0 radical (unpaired) electrons. The minimum atomic E-state index is 0.827. The molecule has 0 atom stereocenters. The molecule has 18 heavy (non-hydrogen) atoms. The normalized spacial score (nSPS) is 10.8. The van der Waals surface area contributed by atoms with Crippen LogP contribution in [0.4, 0.5) is 0 Å². The summed E-state index contributed by atoms with van der Waals surface area (Å²) in [5.41, 5.74) is 1.17. The van der Waals surface area contributed by atoms with E-state index in [1.54, 1.807) is 7.11 Å². The van der Waals surface area contributed by atoms with E-state index in [0.717, 1.165) is 31.8 Å². The molecule has 2 rings (SSSR count). The number of unbranched alkanes of at least 4 members (excludes halogenated alkanes) is 1. The molecule has 0 amide bonds. The standard InChI is InChI=1S/C14H17IN2O/c1-18-11-3-2-9-17-10-8-16-14(17)12-4-6-13(15)7-5-12/h4-8,10H,2-3,9,11H2,1H3. The van der Waals surface area contributed by atoms with Gasteiger partial charge in [0, 0.05) is 41.8 Å². The number of benzene rings is 1. The molecular weight excluding hydrogens is 339 g/mol. The van der Waals surface area contributed by atoms with Crippen molar-refractivity contribution in [1.29, 1.82) is 0 Å². The second-order valence-corrected chi connectivity index (χ2v) is 5.40. The lowest BCUT2D eigenvalue weighted by atomic mass is 10.2. The Bertz CT molecular complexity index is 479. The number of aryl methyl sites for hydroxylation is 1. The largest absolute Gasteiger partial charge is 0.385 e. The van der Waals surface area contributed by atoms with Gasteiger partial charge in [0.15, 0.2) is 0 Å². The summed E-state index contributed by atoms with van der Waals surface area (Å²) in [7, 11) is 1.74. The third-order valence-corrected chi connectivity index (χ3v) is 3.53. The molecule has 0 unspecified atom stereocenters. The predicted molar refractivity (Wildman–Crippen MR) is 81.5 cm³/mol. The van der Waals surface area contributed by atoms with Gasteiger partial charge in [0.25, 0.3) is 0 Å². The highest BCUT2D eigenvalue weighted by Crippen LogP contribution is 2.19. The maximum Gasteiger partial charge on any atom is 0.139 e. The predicted octanol–water partition coefficient (Wildman–Crippen LogP) is 3.58. The van der Waals surface area contributed by atoms with Crippen LogP contribution in [0.5, 0.6) is 0 Å². The van der Waals surface area contributed by atoms with Gasteiger partial charge in [0.05, 0.1) is 0 Å². The quantitative estimate of drug-likeness (QED) is 0.584. The number of nitrogens with zero attached hydrogens (tertiary/aromatic N) is 2. The van der Waals surface area contributed by atoms with Crippen LogP contribution < -0.4 is 0 Å². The molecule has 0 bridgehead atoms. The number of methoxy groups -OCH3 is 1. The highest BCUT2D eigenvalue weighted by atomic mass is 127. The van der Waals surface area contributed by atoms with E-state index in [1.807, 2.05) is 12.4 Å². The average molecular weight is 356 g/mol. The van der Waals surface area contributed by atoms with Gasteiger partial charge in [-0.15, -0.1) is 0 Å². The Morgan fingerprint density at radius 1 is 1.22 bits per heavy atom. The Morgan fingerprint density at radius 2 is 2.00 bits per heavy atom. The van der Waals surface area contributed by atoms with Crippen LogP contribution in [0.3, 0.4) is 0 Å². The van der Waals surface area contributed by atoms with Gasteiger partial charge in [-0.05, 0) is 47.6 Å². The first kappa shape index (κ1) is 13.5. The molecule has 4 heteroatoms.